The number of para-hydroxylation sites is 1. The molecule has 2 aliphatic rings. The summed E-state index contributed by atoms with van der Waals surface area (Å²) in [5.74, 6) is -0.271. The molecule has 2 fully saturated rings. The minimum atomic E-state index is -0.370. The van der Waals surface area contributed by atoms with Crippen molar-refractivity contribution in [3.05, 3.63) is 46.2 Å². The van der Waals surface area contributed by atoms with Crippen LogP contribution in [-0.4, -0.2) is 70.9 Å². The van der Waals surface area contributed by atoms with Crippen LogP contribution in [0.1, 0.15) is 29.6 Å². The van der Waals surface area contributed by atoms with Gasteiger partial charge in [-0.3, -0.25) is 9.59 Å². The molecule has 3 amide bonds. The van der Waals surface area contributed by atoms with E-state index >= 15 is 0 Å². The maximum atomic E-state index is 12.8. The molecule has 7 heteroatoms. The van der Waals surface area contributed by atoms with Crippen molar-refractivity contribution in [1.29, 1.82) is 0 Å². The molecule has 4 rings (SSSR count). The lowest BCUT2D eigenvalue weighted by Crippen LogP contribution is -2.55. The van der Waals surface area contributed by atoms with E-state index in [-0.39, 0.29) is 23.1 Å². The Morgan fingerprint density at radius 3 is 2.19 bits per heavy atom. The molecule has 0 unspecified atom stereocenters. The van der Waals surface area contributed by atoms with E-state index in [1.54, 1.807) is 11.0 Å². The standard InChI is InChI=1S/C20H24N4O3/c25-18-16(14-15-6-2-3-7-17(15)21-18)19(26)22-10-12-24(13-11-22)20(27)23-8-4-1-5-9-23/h2-3,6-7,14H,1,4-5,8-13H2,(H,21,25). The molecule has 2 aliphatic heterocycles. The second-order valence-electron chi connectivity index (χ2n) is 7.21. The van der Waals surface area contributed by atoms with Gasteiger partial charge in [-0.15, -0.1) is 0 Å². The number of benzene rings is 1. The zero-order valence-corrected chi connectivity index (χ0v) is 15.3. The summed E-state index contributed by atoms with van der Waals surface area (Å²) >= 11 is 0. The van der Waals surface area contributed by atoms with Crippen molar-refractivity contribution in [1.82, 2.24) is 19.7 Å². The number of hydrogen-bond acceptors (Lipinski definition) is 3. The molecule has 0 bridgehead atoms. The number of pyridine rings is 1. The first kappa shape index (κ1) is 17.6. The SMILES string of the molecule is O=C(c1cc2ccccc2[nH]c1=O)N1CCN(C(=O)N2CCCCC2)CC1. The van der Waals surface area contributed by atoms with Crippen LogP contribution in [0, 0.1) is 0 Å². The number of rotatable bonds is 1. The highest BCUT2D eigenvalue weighted by Gasteiger charge is 2.29. The zero-order chi connectivity index (χ0) is 18.8. The van der Waals surface area contributed by atoms with Crippen molar-refractivity contribution >= 4 is 22.8 Å². The van der Waals surface area contributed by atoms with E-state index in [4.69, 9.17) is 0 Å². The number of carbonyl (C=O) groups is 2. The summed E-state index contributed by atoms with van der Waals surface area (Å²) in [5, 5.41) is 0.833. The molecule has 1 aromatic carbocycles. The van der Waals surface area contributed by atoms with Crippen molar-refractivity contribution in [3.8, 4) is 0 Å². The zero-order valence-electron chi connectivity index (χ0n) is 15.3. The second kappa shape index (κ2) is 7.42. The number of amides is 3. The predicted octanol–water partition coefficient (Wildman–Crippen LogP) is 1.89. The molecule has 0 saturated carbocycles. The van der Waals surface area contributed by atoms with E-state index in [9.17, 15) is 14.4 Å². The van der Waals surface area contributed by atoms with Gasteiger partial charge < -0.3 is 19.7 Å². The van der Waals surface area contributed by atoms with Gasteiger partial charge in [0.05, 0.1) is 0 Å². The molecule has 0 aliphatic carbocycles. The number of nitrogens with zero attached hydrogens (tertiary/aromatic N) is 3. The lowest BCUT2D eigenvalue weighted by Gasteiger charge is -2.38. The first-order valence-electron chi connectivity index (χ1n) is 9.59. The molecular formula is C20H24N4O3. The minimum Gasteiger partial charge on any atom is -0.335 e. The minimum absolute atomic E-state index is 0.0744. The summed E-state index contributed by atoms with van der Waals surface area (Å²) in [5.41, 5.74) is 0.506. The number of urea groups is 1. The number of likely N-dealkylation sites (tertiary alicyclic amines) is 1. The van der Waals surface area contributed by atoms with Crippen molar-refractivity contribution in [3.63, 3.8) is 0 Å². The van der Waals surface area contributed by atoms with Gasteiger partial charge >= 0.3 is 6.03 Å². The normalized spacial score (nSPS) is 18.0. The number of piperazine rings is 1. The smallest absolute Gasteiger partial charge is 0.320 e. The van der Waals surface area contributed by atoms with Crippen LogP contribution in [0.3, 0.4) is 0 Å². The molecule has 0 spiro atoms. The van der Waals surface area contributed by atoms with Crippen LogP contribution in [0.15, 0.2) is 35.1 Å². The third-order valence-corrected chi connectivity index (χ3v) is 5.45. The fourth-order valence-corrected chi connectivity index (χ4v) is 3.86. The van der Waals surface area contributed by atoms with Crippen molar-refractivity contribution < 1.29 is 9.59 Å². The first-order chi connectivity index (χ1) is 13.1. The third kappa shape index (κ3) is 3.54. The van der Waals surface area contributed by atoms with Gasteiger partial charge in [0.15, 0.2) is 0 Å². The highest BCUT2D eigenvalue weighted by atomic mass is 16.2. The first-order valence-corrected chi connectivity index (χ1v) is 9.59. The van der Waals surface area contributed by atoms with Crippen LogP contribution in [0.4, 0.5) is 4.79 Å². The largest absolute Gasteiger partial charge is 0.335 e. The van der Waals surface area contributed by atoms with Crippen molar-refractivity contribution in [2.24, 2.45) is 0 Å². The van der Waals surface area contributed by atoms with Gasteiger partial charge in [-0.1, -0.05) is 18.2 Å². The number of aromatic amines is 1. The van der Waals surface area contributed by atoms with Gasteiger partial charge in [0.25, 0.3) is 11.5 Å². The van der Waals surface area contributed by atoms with Crippen molar-refractivity contribution in [2.75, 3.05) is 39.3 Å². The Balaban J connectivity index is 1.43. The second-order valence-corrected chi connectivity index (χ2v) is 7.21. The topological polar surface area (TPSA) is 76.7 Å². The predicted molar refractivity (Wildman–Crippen MR) is 103 cm³/mol. The lowest BCUT2D eigenvalue weighted by molar-refractivity contribution is 0.0631. The highest BCUT2D eigenvalue weighted by molar-refractivity contribution is 5.97. The molecule has 1 aromatic heterocycles. The number of aromatic nitrogens is 1. The van der Waals surface area contributed by atoms with Crippen LogP contribution in [-0.2, 0) is 0 Å². The summed E-state index contributed by atoms with van der Waals surface area (Å²) in [6.45, 7) is 3.56. The Bertz CT molecular complexity index is 909. The number of nitrogens with one attached hydrogen (secondary N) is 1. The van der Waals surface area contributed by atoms with E-state index in [2.05, 4.69) is 4.98 Å². The fourth-order valence-electron chi connectivity index (χ4n) is 3.86. The van der Waals surface area contributed by atoms with E-state index in [1.807, 2.05) is 34.1 Å². The van der Waals surface area contributed by atoms with E-state index in [1.165, 1.54) is 6.42 Å². The average molecular weight is 368 g/mol. The van der Waals surface area contributed by atoms with Crippen LogP contribution in [0.5, 0.6) is 0 Å². The van der Waals surface area contributed by atoms with Crippen LogP contribution >= 0.6 is 0 Å². The molecule has 27 heavy (non-hydrogen) atoms. The van der Waals surface area contributed by atoms with Crippen molar-refractivity contribution in [2.45, 2.75) is 19.3 Å². The van der Waals surface area contributed by atoms with E-state index in [0.29, 0.717) is 26.2 Å². The van der Waals surface area contributed by atoms with Crippen LogP contribution in [0.2, 0.25) is 0 Å². The summed E-state index contributed by atoms with van der Waals surface area (Å²) in [6, 6.07) is 9.14. The molecule has 3 heterocycles. The maximum absolute atomic E-state index is 12.8. The molecule has 2 saturated heterocycles. The van der Waals surface area contributed by atoms with E-state index in [0.717, 1.165) is 36.8 Å². The Labute approximate surface area is 157 Å². The Kier molecular flexibility index (Phi) is 4.83. The summed E-state index contributed by atoms with van der Waals surface area (Å²) in [6.07, 6.45) is 3.32. The van der Waals surface area contributed by atoms with Gasteiger partial charge in [-0.2, -0.15) is 0 Å². The van der Waals surface area contributed by atoms with Gasteiger partial charge in [0.2, 0.25) is 0 Å². The monoisotopic (exact) mass is 368 g/mol. The average Bonchev–Trinajstić information content (AvgIpc) is 2.73. The Morgan fingerprint density at radius 2 is 1.44 bits per heavy atom. The molecule has 7 nitrogen and oxygen atoms in total. The van der Waals surface area contributed by atoms with Gasteiger partial charge in [0, 0.05) is 44.8 Å². The Hall–Kier alpha value is -2.83. The quantitative estimate of drug-likeness (QED) is 0.835. The van der Waals surface area contributed by atoms with E-state index < -0.39 is 0 Å². The maximum Gasteiger partial charge on any atom is 0.320 e. The lowest BCUT2D eigenvalue weighted by atomic mass is 10.1. The molecular weight excluding hydrogens is 344 g/mol. The molecule has 0 atom stereocenters. The molecule has 142 valence electrons. The number of H-pyrrole nitrogens is 1. The number of carbonyl (C=O) groups excluding carboxylic acids is 2. The molecule has 1 N–H and O–H groups in total. The van der Waals surface area contributed by atoms with Crippen LogP contribution in [0.25, 0.3) is 10.9 Å². The highest BCUT2D eigenvalue weighted by Crippen LogP contribution is 2.15. The van der Waals surface area contributed by atoms with Gasteiger partial charge in [0.1, 0.15) is 5.56 Å². The number of piperidine rings is 1. The Morgan fingerprint density at radius 1 is 0.815 bits per heavy atom. The van der Waals surface area contributed by atoms with Crippen LogP contribution < -0.4 is 5.56 Å². The fraction of sp³-hybridized carbons (Fsp3) is 0.450. The summed E-state index contributed by atoms with van der Waals surface area (Å²) in [4.78, 5) is 45.9. The molecule has 0 radical (unpaired) electrons. The molecule has 2 aromatic rings. The summed E-state index contributed by atoms with van der Waals surface area (Å²) < 4.78 is 0. The van der Waals surface area contributed by atoms with Gasteiger partial charge in [-0.25, -0.2) is 4.79 Å². The number of hydrogen-bond donors (Lipinski definition) is 1. The third-order valence-electron chi connectivity index (χ3n) is 5.45. The van der Waals surface area contributed by atoms with Gasteiger partial charge in [-0.05, 0) is 36.8 Å². The number of fused-ring (bicyclic) bond motifs is 1. The summed E-state index contributed by atoms with van der Waals surface area (Å²) in [7, 11) is 0.